The van der Waals surface area contributed by atoms with Gasteiger partial charge in [0.15, 0.2) is 6.29 Å². The summed E-state index contributed by atoms with van der Waals surface area (Å²) in [5, 5.41) is 9.91. The lowest BCUT2D eigenvalue weighted by Crippen LogP contribution is -2.52. The Balaban J connectivity index is 1.74. The van der Waals surface area contributed by atoms with Crippen LogP contribution in [0, 0.1) is 0 Å². The molecule has 4 atom stereocenters. The summed E-state index contributed by atoms with van der Waals surface area (Å²) >= 11 is 0. The number of benzene rings is 1. The molecule has 4 heteroatoms. The molecule has 2 aliphatic heterocycles. The standard InChI is InChI=1S/C13H16O4/c14-10-6-7-15-11-8-16-13(17-12(10)11)9-4-2-1-3-5-9/h1-5,10-14H,6-8H2/t10-,11+,12-,13?/m0/s1. The van der Waals surface area contributed by atoms with Gasteiger partial charge in [0.2, 0.25) is 0 Å². The number of hydrogen-bond donors (Lipinski definition) is 1. The van der Waals surface area contributed by atoms with Gasteiger partial charge in [0, 0.05) is 12.2 Å². The summed E-state index contributed by atoms with van der Waals surface area (Å²) in [6.07, 6.45) is -0.637. The molecule has 0 spiro atoms. The van der Waals surface area contributed by atoms with Crippen molar-refractivity contribution in [3.05, 3.63) is 35.9 Å². The zero-order chi connectivity index (χ0) is 11.7. The minimum absolute atomic E-state index is 0.140. The van der Waals surface area contributed by atoms with Gasteiger partial charge in [0.05, 0.1) is 12.7 Å². The van der Waals surface area contributed by atoms with Crippen molar-refractivity contribution in [1.29, 1.82) is 0 Å². The van der Waals surface area contributed by atoms with Crippen LogP contribution in [0.5, 0.6) is 0 Å². The summed E-state index contributed by atoms with van der Waals surface area (Å²) in [6, 6.07) is 9.76. The van der Waals surface area contributed by atoms with Crippen molar-refractivity contribution in [2.45, 2.75) is 31.0 Å². The topological polar surface area (TPSA) is 47.9 Å². The second-order valence-electron chi connectivity index (χ2n) is 4.44. The minimum atomic E-state index is -0.455. The van der Waals surface area contributed by atoms with Gasteiger partial charge in [-0.05, 0) is 6.42 Å². The first-order valence-electron chi connectivity index (χ1n) is 5.96. The Hall–Kier alpha value is -0.940. The molecular weight excluding hydrogens is 220 g/mol. The Morgan fingerprint density at radius 2 is 1.94 bits per heavy atom. The van der Waals surface area contributed by atoms with Gasteiger partial charge in [0.25, 0.3) is 0 Å². The second kappa shape index (κ2) is 4.74. The predicted molar refractivity (Wildman–Crippen MR) is 60.4 cm³/mol. The van der Waals surface area contributed by atoms with E-state index >= 15 is 0 Å². The highest BCUT2D eigenvalue weighted by molar-refractivity contribution is 5.16. The molecule has 1 aromatic rings. The van der Waals surface area contributed by atoms with Crippen molar-refractivity contribution in [2.24, 2.45) is 0 Å². The van der Waals surface area contributed by atoms with Crippen molar-refractivity contribution in [2.75, 3.05) is 13.2 Å². The quantitative estimate of drug-likeness (QED) is 0.797. The van der Waals surface area contributed by atoms with Crippen LogP contribution in [-0.2, 0) is 14.2 Å². The average Bonchev–Trinajstić information content (AvgIpc) is 2.40. The Bertz CT molecular complexity index is 367. The molecule has 0 saturated carbocycles. The van der Waals surface area contributed by atoms with Crippen molar-refractivity contribution in [3.63, 3.8) is 0 Å². The first-order chi connectivity index (χ1) is 8.34. The Morgan fingerprint density at radius 1 is 1.12 bits per heavy atom. The maximum atomic E-state index is 9.91. The van der Waals surface area contributed by atoms with E-state index in [9.17, 15) is 5.11 Å². The number of ether oxygens (including phenoxy) is 3. The van der Waals surface area contributed by atoms with Gasteiger partial charge in [-0.25, -0.2) is 0 Å². The third kappa shape index (κ3) is 2.21. The highest BCUT2D eigenvalue weighted by Crippen LogP contribution is 2.31. The molecule has 0 aliphatic carbocycles. The Labute approximate surface area is 100 Å². The third-order valence-corrected chi connectivity index (χ3v) is 3.26. The molecule has 1 aromatic carbocycles. The molecule has 0 bridgehead atoms. The van der Waals surface area contributed by atoms with Crippen molar-refractivity contribution in [1.82, 2.24) is 0 Å². The molecule has 1 N–H and O–H groups in total. The van der Waals surface area contributed by atoms with Gasteiger partial charge in [-0.1, -0.05) is 30.3 Å². The summed E-state index contributed by atoms with van der Waals surface area (Å²) in [6.45, 7) is 1.05. The van der Waals surface area contributed by atoms with Gasteiger partial charge in [0.1, 0.15) is 12.2 Å². The lowest BCUT2D eigenvalue weighted by Gasteiger charge is -2.41. The number of fused-ring (bicyclic) bond motifs is 1. The number of rotatable bonds is 1. The summed E-state index contributed by atoms with van der Waals surface area (Å²) < 4.78 is 16.9. The van der Waals surface area contributed by atoms with Crippen LogP contribution in [0.2, 0.25) is 0 Å². The van der Waals surface area contributed by atoms with Crippen LogP contribution in [0.25, 0.3) is 0 Å². The summed E-state index contributed by atoms with van der Waals surface area (Å²) in [5.41, 5.74) is 0.976. The monoisotopic (exact) mass is 236 g/mol. The molecule has 2 aliphatic rings. The summed E-state index contributed by atoms with van der Waals surface area (Å²) in [5.74, 6) is 0. The third-order valence-electron chi connectivity index (χ3n) is 3.26. The highest BCUT2D eigenvalue weighted by Gasteiger charge is 2.40. The normalized spacial score (nSPS) is 37.5. The van der Waals surface area contributed by atoms with Crippen LogP contribution in [0.15, 0.2) is 30.3 Å². The van der Waals surface area contributed by atoms with Crippen molar-refractivity contribution < 1.29 is 19.3 Å². The van der Waals surface area contributed by atoms with Crippen molar-refractivity contribution >= 4 is 0 Å². The van der Waals surface area contributed by atoms with Crippen molar-refractivity contribution in [3.8, 4) is 0 Å². The van der Waals surface area contributed by atoms with E-state index < -0.39 is 12.4 Å². The second-order valence-corrected chi connectivity index (χ2v) is 4.44. The molecule has 0 amide bonds. The fourth-order valence-electron chi connectivity index (χ4n) is 2.32. The van der Waals surface area contributed by atoms with Gasteiger partial charge in [-0.15, -0.1) is 0 Å². The van der Waals surface area contributed by atoms with Crippen LogP contribution in [0.1, 0.15) is 18.3 Å². The first-order valence-corrected chi connectivity index (χ1v) is 5.96. The molecule has 17 heavy (non-hydrogen) atoms. The van der Waals surface area contributed by atoms with E-state index in [-0.39, 0.29) is 12.2 Å². The Kier molecular flexibility index (Phi) is 3.11. The van der Waals surface area contributed by atoms with E-state index in [0.717, 1.165) is 5.56 Å². The van der Waals surface area contributed by atoms with E-state index in [1.54, 1.807) is 0 Å². The number of aliphatic hydroxyl groups is 1. The lowest BCUT2D eigenvalue weighted by molar-refractivity contribution is -0.298. The fraction of sp³-hybridized carbons (Fsp3) is 0.538. The number of hydrogen-bond acceptors (Lipinski definition) is 4. The van der Waals surface area contributed by atoms with Crippen LogP contribution in [0.3, 0.4) is 0 Å². The summed E-state index contributed by atoms with van der Waals surface area (Å²) in [4.78, 5) is 0. The van der Waals surface area contributed by atoms with Gasteiger partial charge >= 0.3 is 0 Å². The van der Waals surface area contributed by atoms with E-state index in [4.69, 9.17) is 14.2 Å². The maximum Gasteiger partial charge on any atom is 0.184 e. The molecule has 0 radical (unpaired) electrons. The zero-order valence-corrected chi connectivity index (χ0v) is 9.49. The van der Waals surface area contributed by atoms with Crippen LogP contribution in [-0.4, -0.2) is 36.6 Å². The average molecular weight is 236 g/mol. The fourth-order valence-corrected chi connectivity index (χ4v) is 2.32. The van der Waals surface area contributed by atoms with Crippen LogP contribution < -0.4 is 0 Å². The van der Waals surface area contributed by atoms with Crippen LogP contribution >= 0.6 is 0 Å². The smallest absolute Gasteiger partial charge is 0.184 e. The van der Waals surface area contributed by atoms with Gasteiger partial charge in [-0.3, -0.25) is 0 Å². The molecule has 3 rings (SSSR count). The highest BCUT2D eigenvalue weighted by atomic mass is 16.7. The van der Waals surface area contributed by atoms with Crippen LogP contribution in [0.4, 0.5) is 0 Å². The number of aliphatic hydroxyl groups excluding tert-OH is 1. The Morgan fingerprint density at radius 3 is 2.76 bits per heavy atom. The molecular formula is C13H16O4. The van der Waals surface area contributed by atoms with Gasteiger partial charge < -0.3 is 19.3 Å². The molecule has 2 fully saturated rings. The molecule has 1 unspecified atom stereocenters. The van der Waals surface area contributed by atoms with E-state index in [1.807, 2.05) is 30.3 Å². The predicted octanol–water partition coefficient (Wildman–Crippen LogP) is 1.25. The van der Waals surface area contributed by atoms with E-state index in [0.29, 0.717) is 19.6 Å². The SMILES string of the molecule is O[C@H]1CCO[C@@H]2COC(c3ccccc3)O[C@@H]12. The molecule has 4 nitrogen and oxygen atoms in total. The largest absolute Gasteiger partial charge is 0.390 e. The molecule has 2 heterocycles. The minimum Gasteiger partial charge on any atom is -0.390 e. The molecule has 2 saturated heterocycles. The maximum absolute atomic E-state index is 9.91. The van der Waals surface area contributed by atoms with E-state index in [1.165, 1.54) is 0 Å². The first kappa shape index (κ1) is 11.2. The zero-order valence-electron chi connectivity index (χ0n) is 9.49. The lowest BCUT2D eigenvalue weighted by atomic mass is 10.0. The summed E-state index contributed by atoms with van der Waals surface area (Å²) in [7, 11) is 0. The van der Waals surface area contributed by atoms with E-state index in [2.05, 4.69) is 0 Å². The molecule has 92 valence electrons. The van der Waals surface area contributed by atoms with Gasteiger partial charge in [-0.2, -0.15) is 0 Å². The molecule has 0 aromatic heterocycles.